The first-order valence-electron chi connectivity index (χ1n) is 1.70. The molecule has 0 spiro atoms. The number of alkyl halides is 1. The van der Waals surface area contributed by atoms with E-state index in [0.717, 1.165) is 0 Å². The Morgan fingerprint density at radius 2 is 2.67 bits per heavy atom. The van der Waals surface area contributed by atoms with Gasteiger partial charge in [-0.25, -0.2) is 0 Å². The summed E-state index contributed by atoms with van der Waals surface area (Å²) in [7, 11) is 0. The summed E-state index contributed by atoms with van der Waals surface area (Å²) < 4.78 is 7.98. The third-order valence-corrected chi connectivity index (χ3v) is 2.14. The van der Waals surface area contributed by atoms with Crippen molar-refractivity contribution < 1.29 is 4.74 Å². The average Bonchev–Trinajstić information content (AvgIpc) is 1.72. The number of rotatable bonds is 0. The third-order valence-electron chi connectivity index (χ3n) is 0.467. The molecule has 0 N–H and O–H groups in total. The Balaban J connectivity index is 2.40. The maximum absolute atomic E-state index is 4.81. The molecule has 34 valence electrons. The van der Waals surface area contributed by atoms with Crippen molar-refractivity contribution in [2.75, 3.05) is 4.43 Å². The first-order valence-corrected chi connectivity index (χ1v) is 4.47. The highest BCUT2D eigenvalue weighted by molar-refractivity contribution is 14.2. The molecule has 1 aliphatic rings. The van der Waals surface area contributed by atoms with Crippen LogP contribution in [0.4, 0.5) is 0 Å². The number of hydrogen-bond acceptors (Lipinski definition) is 1. The number of hydrogen-bond donors (Lipinski definition) is 0. The van der Waals surface area contributed by atoms with Gasteiger partial charge in [0.05, 0.1) is 6.26 Å². The summed E-state index contributed by atoms with van der Waals surface area (Å²) in [4.78, 5) is 0. The van der Waals surface area contributed by atoms with Crippen LogP contribution >= 0.6 is 20.7 Å². The van der Waals surface area contributed by atoms with Gasteiger partial charge in [-0.3, -0.25) is 0 Å². The van der Waals surface area contributed by atoms with Gasteiger partial charge in [-0.2, -0.15) is 0 Å². The zero-order valence-corrected chi connectivity index (χ0v) is 5.38. The molecule has 1 nitrogen and oxygen atoms in total. The fourth-order valence-corrected chi connectivity index (χ4v) is 1.33. The Bertz CT molecular complexity index is 65.5. The van der Waals surface area contributed by atoms with Crippen molar-refractivity contribution in [2.24, 2.45) is 0 Å². The van der Waals surface area contributed by atoms with Crippen molar-refractivity contribution in [1.29, 1.82) is 0 Å². The Morgan fingerprint density at radius 3 is 2.83 bits per heavy atom. The molecule has 0 aliphatic carbocycles. The van der Waals surface area contributed by atoms with Crippen LogP contribution in [0.5, 0.6) is 0 Å². The minimum atomic E-state index is 0.281. The van der Waals surface area contributed by atoms with E-state index in [2.05, 4.69) is 6.08 Å². The molecular formula is C4H5IO. The van der Waals surface area contributed by atoms with E-state index in [9.17, 15) is 0 Å². The van der Waals surface area contributed by atoms with E-state index in [4.69, 9.17) is 4.74 Å². The van der Waals surface area contributed by atoms with Crippen LogP contribution in [-0.2, 0) is 4.74 Å². The van der Waals surface area contributed by atoms with Gasteiger partial charge in [0.25, 0.3) is 0 Å². The lowest BCUT2D eigenvalue weighted by Crippen LogP contribution is -1.77. The molecule has 0 saturated heterocycles. The van der Waals surface area contributed by atoms with Gasteiger partial charge in [-0.15, -0.1) is 0 Å². The summed E-state index contributed by atoms with van der Waals surface area (Å²) in [5.41, 5.74) is 0. The first-order chi connectivity index (χ1) is 3.00. The molecule has 0 aromatic rings. The molecule has 0 aromatic carbocycles. The molecule has 0 radical (unpaired) electrons. The molecule has 0 bridgehead atoms. The number of ether oxygens (including phenoxy) is 1. The fourth-order valence-electron chi connectivity index (χ4n) is 0.246. The van der Waals surface area contributed by atoms with Gasteiger partial charge in [0.1, 0.15) is 4.20 Å². The largest absolute Gasteiger partial charge is 0.467 e. The predicted molar refractivity (Wildman–Crippen MR) is 35.2 cm³/mol. The summed E-state index contributed by atoms with van der Waals surface area (Å²) in [5, 5.41) is 0. The van der Waals surface area contributed by atoms with Gasteiger partial charge in [0, 0.05) is 4.43 Å². The second-order valence-electron chi connectivity index (χ2n) is 0.906. The molecular weight excluding hydrogens is 191 g/mol. The minimum Gasteiger partial charge on any atom is -0.467 e. The van der Waals surface area contributed by atoms with E-state index in [1.807, 2.05) is 4.20 Å². The zero-order chi connectivity index (χ0) is 4.24. The van der Waals surface area contributed by atoms with Gasteiger partial charge in [0.15, 0.2) is 0 Å². The van der Waals surface area contributed by atoms with Crippen LogP contribution in [-0.4, -0.2) is 8.63 Å². The van der Waals surface area contributed by atoms with E-state index in [0.29, 0.717) is 0 Å². The van der Waals surface area contributed by atoms with Crippen LogP contribution in [0.1, 0.15) is 0 Å². The summed E-state index contributed by atoms with van der Waals surface area (Å²) in [6.45, 7) is 0. The van der Waals surface area contributed by atoms with Crippen LogP contribution in [0.15, 0.2) is 12.3 Å². The van der Waals surface area contributed by atoms with Crippen LogP contribution < -0.4 is 0 Å². The van der Waals surface area contributed by atoms with Crippen molar-refractivity contribution in [1.82, 2.24) is 0 Å². The van der Waals surface area contributed by atoms with E-state index in [1.165, 1.54) is 4.43 Å². The lowest BCUT2D eigenvalue weighted by molar-refractivity contribution is 0.505. The minimum absolute atomic E-state index is 0.281. The van der Waals surface area contributed by atoms with Gasteiger partial charge in [0.2, 0.25) is 0 Å². The van der Waals surface area contributed by atoms with Gasteiger partial charge >= 0.3 is 0 Å². The molecule has 0 atom stereocenters. The van der Waals surface area contributed by atoms with Gasteiger partial charge in [-0.05, 0) is 6.08 Å². The Labute approximate surface area is 46.7 Å². The first kappa shape index (κ1) is 4.30. The van der Waals surface area contributed by atoms with Crippen molar-refractivity contribution in [3.8, 4) is 0 Å². The monoisotopic (exact) mass is 196 g/mol. The van der Waals surface area contributed by atoms with E-state index < -0.39 is 0 Å². The van der Waals surface area contributed by atoms with Crippen molar-refractivity contribution in [3.63, 3.8) is 0 Å². The molecule has 0 fully saturated rings. The Hall–Kier alpha value is 0.140. The molecule has 0 aromatic heterocycles. The summed E-state index contributed by atoms with van der Waals surface area (Å²) in [5.74, 6) is 0. The van der Waals surface area contributed by atoms with Crippen molar-refractivity contribution in [3.05, 3.63) is 12.3 Å². The zero-order valence-electron chi connectivity index (χ0n) is 3.23. The summed E-state index contributed by atoms with van der Waals surface area (Å²) in [6, 6.07) is 0. The highest BCUT2D eigenvalue weighted by Crippen LogP contribution is 1.99. The highest BCUT2D eigenvalue weighted by atomic mass is 127. The summed E-state index contributed by atoms with van der Waals surface area (Å²) in [6.07, 6.45) is 3.80. The second-order valence-corrected chi connectivity index (χ2v) is 3.18. The lowest BCUT2D eigenvalue weighted by Gasteiger charge is -1.91. The molecule has 6 heavy (non-hydrogen) atoms. The molecule has 1 aliphatic heterocycles. The SMILES string of the molecule is C1=COC=IC1. The highest BCUT2D eigenvalue weighted by Gasteiger charge is 1.76. The normalized spacial score (nSPS) is 18.7. The van der Waals surface area contributed by atoms with Crippen molar-refractivity contribution >= 4 is 24.9 Å². The fraction of sp³-hybridized carbons (Fsp3) is 0.250. The van der Waals surface area contributed by atoms with E-state index in [-0.39, 0.29) is 20.7 Å². The maximum atomic E-state index is 4.81. The van der Waals surface area contributed by atoms with Crippen LogP contribution in [0, 0.1) is 0 Å². The molecule has 1 rings (SSSR count). The molecule has 2 heteroatoms. The van der Waals surface area contributed by atoms with Crippen LogP contribution in [0.3, 0.4) is 0 Å². The summed E-state index contributed by atoms with van der Waals surface area (Å²) >= 11 is 0.281. The van der Waals surface area contributed by atoms with Crippen LogP contribution in [0.2, 0.25) is 0 Å². The topological polar surface area (TPSA) is 9.23 Å². The standard InChI is InChI=1S/C4H5IO/c1-2-5-4-6-3-1/h1,3-4H,2H2. The number of halogens is 1. The van der Waals surface area contributed by atoms with Crippen LogP contribution in [0.25, 0.3) is 0 Å². The molecule has 0 saturated carbocycles. The smallest absolute Gasteiger partial charge is 0.118 e. The molecule has 1 heterocycles. The lowest BCUT2D eigenvalue weighted by atomic mass is 10.7. The average molecular weight is 196 g/mol. The van der Waals surface area contributed by atoms with Crippen molar-refractivity contribution in [2.45, 2.75) is 0 Å². The predicted octanol–water partition coefficient (Wildman–Crippen LogP) is 1.26. The number of allylic oxidation sites excluding steroid dienone is 1. The van der Waals surface area contributed by atoms with Gasteiger partial charge < -0.3 is 4.74 Å². The Kier molecular flexibility index (Phi) is 1.68. The molecule has 0 amide bonds. The van der Waals surface area contributed by atoms with Gasteiger partial charge in [-0.1, -0.05) is 20.7 Å². The van der Waals surface area contributed by atoms with E-state index in [1.54, 1.807) is 6.26 Å². The molecule has 0 unspecified atom stereocenters. The third kappa shape index (κ3) is 1.08. The van der Waals surface area contributed by atoms with E-state index >= 15 is 0 Å². The maximum Gasteiger partial charge on any atom is 0.118 e. The quantitative estimate of drug-likeness (QED) is 0.418. The Morgan fingerprint density at radius 1 is 1.67 bits per heavy atom. The second kappa shape index (κ2) is 2.34.